The number of rotatable bonds is 1. The molecule has 0 aromatic rings. The highest BCUT2D eigenvalue weighted by Crippen LogP contribution is 1.93. The molecule has 1 heterocycles. The molecule has 0 saturated carbocycles. The van der Waals surface area contributed by atoms with E-state index in [9.17, 15) is 0 Å². The van der Waals surface area contributed by atoms with Crippen molar-refractivity contribution in [3.8, 4) is 0 Å². The Kier molecular flexibility index (Phi) is 2.66. The predicted octanol–water partition coefficient (Wildman–Crippen LogP) is -2.01. The molecule has 0 aromatic carbocycles. The van der Waals surface area contributed by atoms with E-state index in [-0.39, 0.29) is 0 Å². The van der Waals surface area contributed by atoms with Gasteiger partial charge in [-0.25, -0.2) is 0 Å². The van der Waals surface area contributed by atoms with Gasteiger partial charge < -0.3 is 12.3 Å². The van der Waals surface area contributed by atoms with Gasteiger partial charge in [0.05, 0.1) is 0 Å². The fourth-order valence-electron chi connectivity index (χ4n) is 0.449. The van der Waals surface area contributed by atoms with E-state index in [4.69, 9.17) is 12.3 Å². The van der Waals surface area contributed by atoms with Crippen molar-refractivity contribution < 1.29 is 12.3 Å². The molecule has 1 rings (SSSR count). The van der Waals surface area contributed by atoms with E-state index in [1.807, 2.05) is 0 Å². The van der Waals surface area contributed by atoms with Crippen molar-refractivity contribution in [3.63, 3.8) is 0 Å². The van der Waals surface area contributed by atoms with Gasteiger partial charge >= 0.3 is 9.28 Å². The second-order valence-electron chi connectivity index (χ2n) is 1.38. The summed E-state index contributed by atoms with van der Waals surface area (Å²) in [4.78, 5) is 0. The molecule has 0 unspecified atom stereocenters. The van der Waals surface area contributed by atoms with Crippen LogP contribution in [0.2, 0.25) is 0 Å². The van der Waals surface area contributed by atoms with Crippen LogP contribution in [-0.4, -0.2) is 29.3 Å². The summed E-state index contributed by atoms with van der Waals surface area (Å²) < 4.78 is 15.4. The predicted molar refractivity (Wildman–Crippen MR) is 37.7 cm³/mol. The third kappa shape index (κ3) is 1.65. The largest absolute Gasteiger partial charge is 0.425 e. The molecule has 46 valence electrons. The highest BCUT2D eigenvalue weighted by Gasteiger charge is 2.12. The molecular weight excluding hydrogens is 156 g/mol. The Bertz CT molecular complexity index is 80.6. The monoisotopic (exact) mass is 164 g/mol. The van der Waals surface area contributed by atoms with Gasteiger partial charge in [-0.15, -0.1) is 6.58 Å². The average Bonchev–Trinajstić information content (AvgIpc) is 1.90. The second-order valence-corrected chi connectivity index (χ2v) is 7.36. The highest BCUT2D eigenvalue weighted by molar-refractivity contribution is 6.64. The standard InChI is InChI=1S/C2H8O3Si3/c1-2-8-4-6-3-7-5-8/h2,8H,1,6-7H2. The quantitative estimate of drug-likeness (QED) is 0.419. The first kappa shape index (κ1) is 6.39. The van der Waals surface area contributed by atoms with Crippen molar-refractivity contribution in [1.29, 1.82) is 0 Å². The van der Waals surface area contributed by atoms with Gasteiger partial charge in [0.25, 0.3) is 20.0 Å². The zero-order chi connectivity index (χ0) is 5.82. The van der Waals surface area contributed by atoms with E-state index in [1.54, 1.807) is 5.70 Å². The summed E-state index contributed by atoms with van der Waals surface area (Å²) in [6.45, 7) is 3.58. The van der Waals surface area contributed by atoms with Crippen LogP contribution < -0.4 is 0 Å². The lowest BCUT2D eigenvalue weighted by atomic mass is 11.3. The fourth-order valence-corrected chi connectivity index (χ4v) is 6.64. The molecule has 0 atom stereocenters. The average molecular weight is 164 g/mol. The summed E-state index contributed by atoms with van der Waals surface area (Å²) in [5, 5.41) is 0. The van der Waals surface area contributed by atoms with E-state index in [1.165, 1.54) is 0 Å². The number of hydrogen-bond donors (Lipinski definition) is 0. The van der Waals surface area contributed by atoms with Crippen LogP contribution in [0, 0.1) is 0 Å². The van der Waals surface area contributed by atoms with E-state index in [0.717, 1.165) is 0 Å². The van der Waals surface area contributed by atoms with Gasteiger partial charge in [-0.1, -0.05) is 5.70 Å². The lowest BCUT2D eigenvalue weighted by Crippen LogP contribution is -2.33. The van der Waals surface area contributed by atoms with Crippen molar-refractivity contribution in [3.05, 3.63) is 12.3 Å². The summed E-state index contributed by atoms with van der Waals surface area (Å²) in [6.07, 6.45) is 0. The topological polar surface area (TPSA) is 27.7 Å². The Hall–Kier alpha value is 0.271. The third-order valence-electron chi connectivity index (χ3n) is 0.824. The van der Waals surface area contributed by atoms with Gasteiger partial charge in [0.2, 0.25) is 0 Å². The van der Waals surface area contributed by atoms with Gasteiger partial charge in [-0.2, -0.15) is 0 Å². The summed E-state index contributed by atoms with van der Waals surface area (Å²) in [5.41, 5.74) is 1.79. The van der Waals surface area contributed by atoms with Crippen molar-refractivity contribution in [2.45, 2.75) is 0 Å². The number of hydrogen-bond acceptors (Lipinski definition) is 3. The summed E-state index contributed by atoms with van der Waals surface area (Å²) in [6, 6.07) is 0. The minimum absolute atomic E-state index is 0.623. The molecule has 1 saturated heterocycles. The molecule has 0 amide bonds. The van der Waals surface area contributed by atoms with E-state index >= 15 is 0 Å². The van der Waals surface area contributed by atoms with E-state index < -0.39 is 29.3 Å². The van der Waals surface area contributed by atoms with Gasteiger partial charge in [-0.3, -0.25) is 0 Å². The minimum atomic E-state index is -1.34. The zero-order valence-corrected chi connectivity index (χ0v) is 8.48. The SMILES string of the molecule is C=C[SiH]1O[SiH2]O[SiH2]O1. The molecule has 6 heteroatoms. The maximum atomic E-state index is 5.18. The second kappa shape index (κ2) is 3.33. The maximum Gasteiger partial charge on any atom is 0.329 e. The molecule has 3 nitrogen and oxygen atoms in total. The maximum absolute atomic E-state index is 5.18. The van der Waals surface area contributed by atoms with Crippen molar-refractivity contribution in [2.24, 2.45) is 0 Å². The Labute approximate surface area is 54.6 Å². The summed E-state index contributed by atoms with van der Waals surface area (Å²) in [7, 11) is -2.59. The van der Waals surface area contributed by atoms with Crippen molar-refractivity contribution in [1.82, 2.24) is 0 Å². The molecule has 8 heavy (non-hydrogen) atoms. The first-order chi connectivity index (χ1) is 3.93. The van der Waals surface area contributed by atoms with E-state index in [2.05, 4.69) is 6.58 Å². The fraction of sp³-hybridized carbons (Fsp3) is 0. The third-order valence-corrected chi connectivity index (χ3v) is 6.26. The zero-order valence-electron chi connectivity index (χ0n) is 4.50. The Morgan fingerprint density at radius 2 is 2.00 bits per heavy atom. The molecular formula is C2H8O3Si3. The molecule has 0 N–H and O–H groups in total. The summed E-state index contributed by atoms with van der Waals surface area (Å²) in [5.74, 6) is 0. The Morgan fingerprint density at radius 3 is 2.38 bits per heavy atom. The van der Waals surface area contributed by atoms with Crippen LogP contribution in [0.1, 0.15) is 0 Å². The Balaban J connectivity index is 2.22. The van der Waals surface area contributed by atoms with Gasteiger partial charge in [0.15, 0.2) is 0 Å². The van der Waals surface area contributed by atoms with Crippen LogP contribution in [0.3, 0.4) is 0 Å². The Morgan fingerprint density at radius 1 is 1.38 bits per heavy atom. The molecule has 0 spiro atoms. The lowest BCUT2D eigenvalue weighted by Gasteiger charge is -2.18. The van der Waals surface area contributed by atoms with Gasteiger partial charge in [0, 0.05) is 0 Å². The molecule has 0 radical (unpaired) electrons. The van der Waals surface area contributed by atoms with Crippen LogP contribution in [0.25, 0.3) is 0 Å². The van der Waals surface area contributed by atoms with Gasteiger partial charge in [-0.05, 0) is 0 Å². The van der Waals surface area contributed by atoms with Crippen LogP contribution in [0.5, 0.6) is 0 Å². The smallest absolute Gasteiger partial charge is 0.329 e. The highest BCUT2D eigenvalue weighted by atomic mass is 28.4. The van der Waals surface area contributed by atoms with Crippen LogP contribution in [0.4, 0.5) is 0 Å². The van der Waals surface area contributed by atoms with Crippen LogP contribution in [0.15, 0.2) is 12.3 Å². The van der Waals surface area contributed by atoms with Crippen molar-refractivity contribution >= 4 is 29.3 Å². The minimum Gasteiger partial charge on any atom is -0.425 e. The molecule has 0 bridgehead atoms. The first-order valence-corrected chi connectivity index (χ1v) is 6.29. The molecule has 1 aliphatic heterocycles. The lowest BCUT2D eigenvalue weighted by molar-refractivity contribution is 0.333. The van der Waals surface area contributed by atoms with Crippen molar-refractivity contribution in [2.75, 3.05) is 0 Å². The van der Waals surface area contributed by atoms with Crippen LogP contribution in [-0.2, 0) is 12.3 Å². The van der Waals surface area contributed by atoms with Crippen LogP contribution >= 0.6 is 0 Å². The van der Waals surface area contributed by atoms with Gasteiger partial charge in [0.1, 0.15) is 0 Å². The molecule has 1 fully saturated rings. The van der Waals surface area contributed by atoms with E-state index in [0.29, 0.717) is 0 Å². The molecule has 0 aliphatic carbocycles. The molecule has 0 aromatic heterocycles. The summed E-state index contributed by atoms with van der Waals surface area (Å²) >= 11 is 0. The first-order valence-electron chi connectivity index (χ1n) is 2.37. The normalized spacial score (nSPS) is 35.8. The molecule has 1 aliphatic rings.